The molecule has 6 nitrogen and oxygen atoms in total. The molecule has 7 heteroatoms. The van der Waals surface area contributed by atoms with Crippen LogP contribution in [0.25, 0.3) is 5.82 Å². The van der Waals surface area contributed by atoms with Crippen molar-refractivity contribution in [2.24, 2.45) is 10.7 Å². The highest BCUT2D eigenvalue weighted by Gasteiger charge is 2.11. The van der Waals surface area contributed by atoms with Gasteiger partial charge in [0.2, 0.25) is 0 Å². The zero-order valence-electron chi connectivity index (χ0n) is 14.7. The van der Waals surface area contributed by atoms with Gasteiger partial charge in [0.15, 0.2) is 5.82 Å². The van der Waals surface area contributed by atoms with E-state index in [1.807, 2.05) is 39.1 Å². The second-order valence-electron chi connectivity index (χ2n) is 5.55. The van der Waals surface area contributed by atoms with Gasteiger partial charge in [0, 0.05) is 22.9 Å². The van der Waals surface area contributed by atoms with Gasteiger partial charge in [-0.1, -0.05) is 18.2 Å². The topological polar surface area (TPSA) is 80.3 Å². The summed E-state index contributed by atoms with van der Waals surface area (Å²) in [5, 5.41) is 11.4. The highest BCUT2D eigenvalue weighted by molar-refractivity contribution is 6.30. The van der Waals surface area contributed by atoms with E-state index in [0.717, 1.165) is 17.1 Å². The number of aryl methyl sites for hydroxylation is 2. The number of nitrogens with one attached hydrogen (secondary N) is 2. The standard InChI is InChI=1S/C18H23ClN6/c1-5-17(22-15-8-6-14(19)7-9-15)23-18(16(20)11-21-4)25-13(3)10-12(2)24-25/h5-10,21H,1,11,20H2,2-4H3,(H,22,23)/b18-16+. The molecule has 0 atom stereocenters. The normalized spacial score (nSPS) is 12.7. The van der Waals surface area contributed by atoms with Crippen molar-refractivity contribution in [2.45, 2.75) is 13.8 Å². The first kappa shape index (κ1) is 18.8. The molecule has 0 radical (unpaired) electrons. The van der Waals surface area contributed by atoms with Crippen molar-refractivity contribution in [3.63, 3.8) is 0 Å². The number of likely N-dealkylation sites (N-methyl/N-ethyl adjacent to an activating group) is 1. The summed E-state index contributed by atoms with van der Waals surface area (Å²) in [6.45, 7) is 8.21. The molecule has 1 aromatic heterocycles. The second-order valence-corrected chi connectivity index (χ2v) is 5.99. The van der Waals surface area contributed by atoms with Crippen LogP contribution in [0.3, 0.4) is 0 Å². The lowest BCUT2D eigenvalue weighted by Gasteiger charge is -2.12. The molecule has 132 valence electrons. The van der Waals surface area contributed by atoms with E-state index in [9.17, 15) is 0 Å². The van der Waals surface area contributed by atoms with Crippen LogP contribution in [0.5, 0.6) is 0 Å². The summed E-state index contributed by atoms with van der Waals surface area (Å²) < 4.78 is 1.73. The quantitative estimate of drug-likeness (QED) is 0.547. The van der Waals surface area contributed by atoms with E-state index in [2.05, 4.69) is 27.3 Å². The van der Waals surface area contributed by atoms with Crippen molar-refractivity contribution in [3.8, 4) is 0 Å². The van der Waals surface area contributed by atoms with Gasteiger partial charge in [0.25, 0.3) is 0 Å². The summed E-state index contributed by atoms with van der Waals surface area (Å²) in [6.07, 6.45) is 1.63. The van der Waals surface area contributed by atoms with Crippen LogP contribution in [0.15, 0.2) is 53.7 Å². The summed E-state index contributed by atoms with van der Waals surface area (Å²) >= 11 is 5.92. The third kappa shape index (κ3) is 4.95. The van der Waals surface area contributed by atoms with Crippen molar-refractivity contribution in [3.05, 3.63) is 65.1 Å². The zero-order chi connectivity index (χ0) is 18.4. The Morgan fingerprint density at radius 2 is 2.04 bits per heavy atom. The van der Waals surface area contributed by atoms with Crippen LogP contribution < -0.4 is 16.4 Å². The van der Waals surface area contributed by atoms with Gasteiger partial charge in [-0.05, 0) is 57.3 Å². The Balaban J connectivity index is 2.43. The second kappa shape index (κ2) is 8.50. The molecule has 0 aliphatic rings. The van der Waals surface area contributed by atoms with Gasteiger partial charge in [0.1, 0.15) is 5.84 Å². The van der Waals surface area contributed by atoms with Crippen LogP contribution in [-0.2, 0) is 0 Å². The smallest absolute Gasteiger partial charge is 0.175 e. The summed E-state index contributed by atoms with van der Waals surface area (Å²) in [5.41, 5.74) is 9.50. The van der Waals surface area contributed by atoms with Gasteiger partial charge in [0.05, 0.1) is 11.4 Å². The number of halogens is 1. The van der Waals surface area contributed by atoms with E-state index in [1.54, 1.807) is 22.9 Å². The Hall–Kier alpha value is -2.57. The van der Waals surface area contributed by atoms with Gasteiger partial charge >= 0.3 is 0 Å². The Morgan fingerprint density at radius 1 is 1.36 bits per heavy atom. The number of hydrogen-bond acceptors (Lipinski definition) is 4. The number of rotatable bonds is 6. The first-order chi connectivity index (χ1) is 11.9. The highest BCUT2D eigenvalue weighted by Crippen LogP contribution is 2.17. The molecule has 0 saturated carbocycles. The predicted molar refractivity (Wildman–Crippen MR) is 106 cm³/mol. The number of benzene rings is 1. The van der Waals surface area contributed by atoms with E-state index >= 15 is 0 Å². The molecule has 1 heterocycles. The van der Waals surface area contributed by atoms with Crippen LogP contribution in [0, 0.1) is 13.8 Å². The Bertz CT molecular complexity index is 801. The van der Waals surface area contributed by atoms with Gasteiger partial charge in [-0.3, -0.25) is 0 Å². The number of hydrogen-bond donors (Lipinski definition) is 3. The van der Waals surface area contributed by atoms with Crippen molar-refractivity contribution < 1.29 is 0 Å². The number of aliphatic imine (C=N–C) groups is 1. The SMILES string of the molecule is C=C/C(=N\C(=C(/N)CNC)n1nc(C)cc1C)Nc1ccc(Cl)cc1. The average molecular weight is 359 g/mol. The first-order valence-electron chi connectivity index (χ1n) is 7.85. The molecule has 0 aliphatic carbocycles. The summed E-state index contributed by atoms with van der Waals surface area (Å²) in [5.74, 6) is 1.11. The minimum absolute atomic E-state index is 0.489. The number of nitrogens with two attached hydrogens (primary N) is 1. The maximum atomic E-state index is 6.22. The maximum Gasteiger partial charge on any atom is 0.175 e. The molecule has 2 rings (SSSR count). The molecule has 0 bridgehead atoms. The molecular weight excluding hydrogens is 336 g/mol. The minimum atomic E-state index is 0.489. The number of aromatic nitrogens is 2. The van der Waals surface area contributed by atoms with Crippen molar-refractivity contribution >= 4 is 28.9 Å². The maximum absolute atomic E-state index is 6.22. The number of nitrogens with zero attached hydrogens (tertiary/aromatic N) is 3. The number of anilines is 1. The van der Waals surface area contributed by atoms with E-state index < -0.39 is 0 Å². The Morgan fingerprint density at radius 3 is 2.56 bits per heavy atom. The highest BCUT2D eigenvalue weighted by atomic mass is 35.5. The zero-order valence-corrected chi connectivity index (χ0v) is 15.4. The van der Waals surface area contributed by atoms with Crippen LogP contribution in [0.2, 0.25) is 5.02 Å². The molecule has 0 aliphatic heterocycles. The van der Waals surface area contributed by atoms with Gasteiger partial charge in [-0.2, -0.15) is 5.10 Å². The largest absolute Gasteiger partial charge is 0.398 e. The molecular formula is C18H23ClN6. The van der Waals surface area contributed by atoms with Crippen molar-refractivity contribution in [2.75, 3.05) is 18.9 Å². The monoisotopic (exact) mass is 358 g/mol. The van der Waals surface area contributed by atoms with Crippen LogP contribution in [0.1, 0.15) is 11.4 Å². The average Bonchev–Trinajstić information content (AvgIpc) is 2.91. The van der Waals surface area contributed by atoms with Crippen LogP contribution in [0.4, 0.5) is 5.69 Å². The summed E-state index contributed by atoms with van der Waals surface area (Å²) in [7, 11) is 1.83. The Kier molecular flexibility index (Phi) is 6.38. The molecule has 4 N–H and O–H groups in total. The fourth-order valence-corrected chi connectivity index (χ4v) is 2.41. The lowest BCUT2D eigenvalue weighted by Crippen LogP contribution is -2.21. The van der Waals surface area contributed by atoms with Crippen LogP contribution >= 0.6 is 11.6 Å². The van der Waals surface area contributed by atoms with E-state index in [4.69, 9.17) is 17.3 Å². The van der Waals surface area contributed by atoms with Gasteiger partial charge in [-0.15, -0.1) is 0 Å². The van der Waals surface area contributed by atoms with E-state index in [1.165, 1.54) is 0 Å². The Labute approximate surface area is 153 Å². The van der Waals surface area contributed by atoms with E-state index in [0.29, 0.717) is 28.9 Å². The summed E-state index contributed by atoms with van der Waals surface area (Å²) in [6, 6.07) is 9.31. The molecule has 2 aromatic rings. The van der Waals surface area contributed by atoms with Crippen LogP contribution in [-0.4, -0.2) is 29.2 Å². The fourth-order valence-electron chi connectivity index (χ4n) is 2.29. The molecule has 0 spiro atoms. The fraction of sp³-hybridized carbons (Fsp3) is 0.222. The van der Waals surface area contributed by atoms with Gasteiger partial charge < -0.3 is 16.4 Å². The number of amidine groups is 1. The van der Waals surface area contributed by atoms with Crippen molar-refractivity contribution in [1.82, 2.24) is 15.1 Å². The molecule has 0 fully saturated rings. The molecule has 25 heavy (non-hydrogen) atoms. The first-order valence-corrected chi connectivity index (χ1v) is 8.23. The third-order valence-electron chi connectivity index (χ3n) is 3.40. The lowest BCUT2D eigenvalue weighted by atomic mass is 10.3. The van der Waals surface area contributed by atoms with Crippen molar-refractivity contribution in [1.29, 1.82) is 0 Å². The molecule has 1 aromatic carbocycles. The molecule has 0 unspecified atom stereocenters. The minimum Gasteiger partial charge on any atom is -0.398 e. The predicted octanol–water partition coefficient (Wildman–Crippen LogP) is 3.15. The molecule has 0 saturated heterocycles. The van der Waals surface area contributed by atoms with E-state index in [-0.39, 0.29) is 0 Å². The lowest BCUT2D eigenvalue weighted by molar-refractivity contribution is 0.804. The van der Waals surface area contributed by atoms with Gasteiger partial charge in [-0.25, -0.2) is 9.67 Å². The summed E-state index contributed by atoms with van der Waals surface area (Å²) in [4.78, 5) is 4.64. The molecule has 0 amide bonds. The third-order valence-corrected chi connectivity index (χ3v) is 3.65.